The van der Waals surface area contributed by atoms with Gasteiger partial charge in [-0.1, -0.05) is 37.1 Å². The molecule has 2 aromatic rings. The molecule has 2 aliphatic rings. The lowest BCUT2D eigenvalue weighted by Gasteiger charge is -2.34. The quantitative estimate of drug-likeness (QED) is 0.929. The molecule has 0 atom stereocenters. The van der Waals surface area contributed by atoms with Gasteiger partial charge in [0, 0.05) is 30.8 Å². The van der Waals surface area contributed by atoms with Gasteiger partial charge >= 0.3 is 0 Å². The van der Waals surface area contributed by atoms with E-state index in [9.17, 15) is 4.79 Å². The largest absolute Gasteiger partial charge is 0.342 e. The summed E-state index contributed by atoms with van der Waals surface area (Å²) in [7, 11) is 0. The number of carbonyl (C=O) groups excluding carboxylic acids is 1. The molecule has 1 aromatic heterocycles. The Morgan fingerprint density at radius 2 is 1.71 bits per heavy atom. The molecule has 24 heavy (non-hydrogen) atoms. The van der Waals surface area contributed by atoms with Crippen molar-refractivity contribution in [1.29, 1.82) is 0 Å². The van der Waals surface area contributed by atoms with Crippen LogP contribution in [-0.2, 0) is 4.79 Å². The molecule has 1 saturated carbocycles. The predicted molar refractivity (Wildman–Crippen MR) is 94.5 cm³/mol. The average Bonchev–Trinajstić information content (AvgIpc) is 3.35. The van der Waals surface area contributed by atoms with Crippen LogP contribution in [0, 0.1) is 5.92 Å². The van der Waals surface area contributed by atoms with Gasteiger partial charge in [-0.25, -0.2) is 0 Å². The monoisotopic (exact) mass is 323 g/mol. The Bertz CT molecular complexity index is 663. The van der Waals surface area contributed by atoms with Crippen LogP contribution in [0.15, 0.2) is 36.7 Å². The third-order valence-electron chi connectivity index (χ3n) is 5.72. The van der Waals surface area contributed by atoms with Gasteiger partial charge in [0.2, 0.25) is 5.91 Å². The van der Waals surface area contributed by atoms with Crippen LogP contribution in [0.2, 0.25) is 0 Å². The zero-order chi connectivity index (χ0) is 16.4. The van der Waals surface area contributed by atoms with E-state index >= 15 is 0 Å². The van der Waals surface area contributed by atoms with Crippen LogP contribution < -0.4 is 0 Å². The SMILES string of the molecule is O=C(C1CCCC1)N1CCC(c2ccc(-c3cn[nH]c3)cc2)CC1. The first-order valence-corrected chi connectivity index (χ1v) is 9.19. The Kier molecular flexibility index (Phi) is 4.37. The van der Waals surface area contributed by atoms with Crippen molar-refractivity contribution in [3.63, 3.8) is 0 Å². The van der Waals surface area contributed by atoms with Crippen molar-refractivity contribution in [1.82, 2.24) is 15.1 Å². The first kappa shape index (κ1) is 15.4. The number of aromatic amines is 1. The van der Waals surface area contributed by atoms with E-state index in [1.54, 1.807) is 0 Å². The number of likely N-dealkylation sites (tertiary alicyclic amines) is 1. The molecule has 2 fully saturated rings. The first-order valence-electron chi connectivity index (χ1n) is 9.19. The highest BCUT2D eigenvalue weighted by atomic mass is 16.2. The van der Waals surface area contributed by atoms with Gasteiger partial charge in [-0.15, -0.1) is 0 Å². The predicted octanol–water partition coefficient (Wildman–Crippen LogP) is 3.97. The third kappa shape index (κ3) is 3.10. The molecular formula is C20H25N3O. The minimum Gasteiger partial charge on any atom is -0.342 e. The van der Waals surface area contributed by atoms with Crippen LogP contribution >= 0.6 is 0 Å². The molecule has 0 bridgehead atoms. The van der Waals surface area contributed by atoms with Crippen LogP contribution in [-0.4, -0.2) is 34.1 Å². The number of benzene rings is 1. The summed E-state index contributed by atoms with van der Waals surface area (Å²) in [6.45, 7) is 1.84. The lowest BCUT2D eigenvalue weighted by Crippen LogP contribution is -2.40. The van der Waals surface area contributed by atoms with Gasteiger partial charge in [-0.3, -0.25) is 9.89 Å². The topological polar surface area (TPSA) is 49.0 Å². The number of rotatable bonds is 3. The molecule has 1 saturated heterocycles. The maximum atomic E-state index is 12.5. The summed E-state index contributed by atoms with van der Waals surface area (Å²) < 4.78 is 0. The van der Waals surface area contributed by atoms with Gasteiger partial charge in [0.1, 0.15) is 0 Å². The summed E-state index contributed by atoms with van der Waals surface area (Å²) in [5.74, 6) is 1.31. The summed E-state index contributed by atoms with van der Waals surface area (Å²) in [4.78, 5) is 14.7. The van der Waals surface area contributed by atoms with Crippen molar-refractivity contribution < 1.29 is 4.79 Å². The number of hydrogen-bond acceptors (Lipinski definition) is 2. The molecule has 1 N–H and O–H groups in total. The normalized spacial score (nSPS) is 19.8. The number of amides is 1. The number of aromatic nitrogens is 2. The maximum absolute atomic E-state index is 12.5. The van der Waals surface area contributed by atoms with Gasteiger partial charge in [0.05, 0.1) is 6.20 Å². The second-order valence-electron chi connectivity index (χ2n) is 7.19. The van der Waals surface area contributed by atoms with Crippen molar-refractivity contribution in [3.8, 4) is 11.1 Å². The first-order chi connectivity index (χ1) is 11.8. The van der Waals surface area contributed by atoms with Crippen LogP contribution in [0.3, 0.4) is 0 Å². The van der Waals surface area contributed by atoms with Gasteiger partial charge in [0.25, 0.3) is 0 Å². The second-order valence-corrected chi connectivity index (χ2v) is 7.19. The lowest BCUT2D eigenvalue weighted by atomic mass is 9.88. The van der Waals surface area contributed by atoms with E-state index in [1.807, 2.05) is 12.4 Å². The molecule has 0 unspecified atom stereocenters. The van der Waals surface area contributed by atoms with Gasteiger partial charge in [0.15, 0.2) is 0 Å². The van der Waals surface area contributed by atoms with Crippen LogP contribution in [0.25, 0.3) is 11.1 Å². The molecule has 1 aromatic carbocycles. The summed E-state index contributed by atoms with van der Waals surface area (Å²) >= 11 is 0. The minimum atomic E-state index is 0.316. The van der Waals surface area contributed by atoms with E-state index < -0.39 is 0 Å². The van der Waals surface area contributed by atoms with Crippen molar-refractivity contribution >= 4 is 5.91 Å². The second kappa shape index (κ2) is 6.80. The van der Waals surface area contributed by atoms with Crippen LogP contribution in [0.4, 0.5) is 0 Å². The smallest absolute Gasteiger partial charge is 0.225 e. The Hall–Kier alpha value is -2.10. The fourth-order valence-electron chi connectivity index (χ4n) is 4.22. The van der Waals surface area contributed by atoms with Crippen molar-refractivity contribution in [2.75, 3.05) is 13.1 Å². The van der Waals surface area contributed by atoms with E-state index in [-0.39, 0.29) is 0 Å². The number of nitrogens with zero attached hydrogens (tertiary/aromatic N) is 2. The fourth-order valence-corrected chi connectivity index (χ4v) is 4.22. The average molecular weight is 323 g/mol. The zero-order valence-electron chi connectivity index (χ0n) is 14.1. The zero-order valence-corrected chi connectivity index (χ0v) is 14.1. The molecule has 0 spiro atoms. The molecule has 1 aliphatic heterocycles. The lowest BCUT2D eigenvalue weighted by molar-refractivity contribution is -0.136. The van der Waals surface area contributed by atoms with Crippen LogP contribution in [0.5, 0.6) is 0 Å². The van der Waals surface area contributed by atoms with E-state index in [0.717, 1.165) is 44.3 Å². The van der Waals surface area contributed by atoms with E-state index in [1.165, 1.54) is 24.0 Å². The standard InChI is InChI=1S/C20H25N3O/c24-20(18-3-1-2-4-18)23-11-9-17(10-12-23)15-5-7-16(8-6-15)19-13-21-22-14-19/h5-8,13-14,17-18H,1-4,9-12H2,(H,21,22). The fraction of sp³-hybridized carbons (Fsp3) is 0.500. The molecule has 4 rings (SSSR count). The number of carbonyl (C=O) groups is 1. The van der Waals surface area contributed by atoms with E-state index in [2.05, 4.69) is 39.4 Å². The molecule has 126 valence electrons. The Labute approximate surface area is 143 Å². The summed E-state index contributed by atoms with van der Waals surface area (Å²) in [5, 5.41) is 6.86. The van der Waals surface area contributed by atoms with E-state index in [4.69, 9.17) is 0 Å². The van der Waals surface area contributed by atoms with Crippen molar-refractivity contribution in [2.45, 2.75) is 44.4 Å². The van der Waals surface area contributed by atoms with Gasteiger partial charge < -0.3 is 4.90 Å². The molecule has 2 heterocycles. The molecule has 0 radical (unpaired) electrons. The summed E-state index contributed by atoms with van der Waals surface area (Å²) in [6.07, 6.45) is 10.6. The number of piperidine rings is 1. The number of hydrogen-bond donors (Lipinski definition) is 1. The highest BCUT2D eigenvalue weighted by Crippen LogP contribution is 2.32. The summed E-state index contributed by atoms with van der Waals surface area (Å²) in [6, 6.07) is 8.83. The third-order valence-corrected chi connectivity index (χ3v) is 5.72. The molecule has 1 amide bonds. The number of nitrogens with one attached hydrogen (secondary N) is 1. The molecule has 1 aliphatic carbocycles. The van der Waals surface area contributed by atoms with Crippen molar-refractivity contribution in [2.24, 2.45) is 5.92 Å². The summed E-state index contributed by atoms with van der Waals surface area (Å²) in [5.41, 5.74) is 3.72. The Morgan fingerprint density at radius 1 is 1.00 bits per heavy atom. The van der Waals surface area contributed by atoms with Crippen LogP contribution in [0.1, 0.15) is 50.0 Å². The molecule has 4 heteroatoms. The minimum absolute atomic E-state index is 0.316. The highest BCUT2D eigenvalue weighted by molar-refractivity contribution is 5.79. The number of H-pyrrole nitrogens is 1. The van der Waals surface area contributed by atoms with Gasteiger partial charge in [-0.05, 0) is 42.7 Å². The van der Waals surface area contributed by atoms with Gasteiger partial charge in [-0.2, -0.15) is 5.10 Å². The van der Waals surface area contributed by atoms with Crippen molar-refractivity contribution in [3.05, 3.63) is 42.2 Å². The Morgan fingerprint density at radius 3 is 2.33 bits per heavy atom. The highest BCUT2D eigenvalue weighted by Gasteiger charge is 2.30. The Balaban J connectivity index is 1.36. The molecule has 4 nitrogen and oxygen atoms in total. The maximum Gasteiger partial charge on any atom is 0.225 e. The molecular weight excluding hydrogens is 298 g/mol. The van der Waals surface area contributed by atoms with E-state index in [0.29, 0.717) is 17.7 Å².